The van der Waals surface area contributed by atoms with Gasteiger partial charge in [0.05, 0.1) is 40.8 Å². The minimum Gasteiger partial charge on any atom is -0.330 e. The molecule has 0 radical (unpaired) electrons. The zero-order valence-electron chi connectivity index (χ0n) is 13.9. The first-order valence-electron chi connectivity index (χ1n) is 6.93. The Bertz CT molecular complexity index is 350. The predicted molar refractivity (Wildman–Crippen MR) is 84.7 cm³/mol. The average Bonchev–Trinajstić information content (AvgIpc) is 2.34. The van der Waals surface area contributed by atoms with Crippen LogP contribution in [0.25, 0.3) is 0 Å². The number of hydrogen-bond donors (Lipinski definition) is 2. The molecule has 0 spiro atoms. The molecule has 0 bridgehead atoms. The average molecular weight is 347 g/mol. The molecule has 0 aliphatic rings. The monoisotopic (exact) mass is 346 g/mol. The smallest absolute Gasteiger partial charge is 0.330 e. The van der Waals surface area contributed by atoms with E-state index >= 15 is 0 Å². The summed E-state index contributed by atoms with van der Waals surface area (Å²) in [5, 5.41) is 0. The number of likely N-dealkylation sites (N-methyl/N-ethyl adjacent to an activating group) is 2. The maximum absolute atomic E-state index is 11.9. The molecule has 7 nitrogen and oxygen atoms in total. The number of hydrogen-bond acceptors (Lipinski definition) is 4. The van der Waals surface area contributed by atoms with E-state index in [1.807, 2.05) is 35.0 Å². The largest absolute Gasteiger partial charge is 0.432 e. The van der Waals surface area contributed by atoms with Crippen molar-refractivity contribution < 1.29 is 23.5 Å². The molecule has 0 aromatic carbocycles. The Morgan fingerprint density at radius 2 is 1.95 bits per heavy atom. The van der Waals surface area contributed by atoms with Gasteiger partial charge in [-0.25, -0.2) is 19.0 Å². The van der Waals surface area contributed by atoms with Crippen LogP contribution in [0, 0.1) is 0 Å². The second-order valence-corrected chi connectivity index (χ2v) is 8.87. The summed E-state index contributed by atoms with van der Waals surface area (Å²) in [6.45, 7) is 5.30. The molecule has 1 atom stereocenters. The van der Waals surface area contributed by atoms with Gasteiger partial charge in [-0.1, -0.05) is 0 Å². The van der Waals surface area contributed by atoms with Crippen LogP contribution in [0.3, 0.4) is 0 Å². The molecule has 0 rings (SSSR count). The number of nitrogens with zero attached hydrogens (tertiary/aromatic N) is 2. The Hall–Kier alpha value is 0.280. The molecule has 128 valence electrons. The summed E-state index contributed by atoms with van der Waals surface area (Å²) in [7, 11) is 3.69. The van der Waals surface area contributed by atoms with Crippen molar-refractivity contribution in [2.75, 3.05) is 47.9 Å². The van der Waals surface area contributed by atoms with Gasteiger partial charge in [0.25, 0.3) is 0 Å². The number of nitrogens with one attached hydrogen (secondary N) is 1. The summed E-state index contributed by atoms with van der Waals surface area (Å²) in [6, 6.07) is 0. The normalized spacial score (nSPS) is 16.2. The highest BCUT2D eigenvalue weighted by molar-refractivity contribution is 7.50. The maximum Gasteiger partial charge on any atom is 0.432 e. The van der Waals surface area contributed by atoms with E-state index in [2.05, 4.69) is 9.51 Å². The van der Waals surface area contributed by atoms with E-state index in [-0.39, 0.29) is 12.1 Å². The number of quaternary nitrogens is 1. The van der Waals surface area contributed by atoms with Gasteiger partial charge in [-0.15, -0.1) is 4.67 Å². The second-order valence-electron chi connectivity index (χ2n) is 6.86. The van der Waals surface area contributed by atoms with Crippen LogP contribution in [0.5, 0.6) is 0 Å². The van der Waals surface area contributed by atoms with Crippen LogP contribution in [0.2, 0.25) is 0 Å². The second kappa shape index (κ2) is 8.79. The Balaban J connectivity index is 3.99. The fraction of sp³-hybridized carbons (Fsp3) is 1.00. The molecule has 9 heteroatoms. The van der Waals surface area contributed by atoms with E-state index < -0.39 is 7.75 Å². The van der Waals surface area contributed by atoms with Crippen molar-refractivity contribution in [1.82, 2.24) is 9.51 Å². The first kappa shape index (κ1) is 21.3. The van der Waals surface area contributed by atoms with Gasteiger partial charge >= 0.3 is 7.75 Å². The van der Waals surface area contributed by atoms with Gasteiger partial charge in [0.2, 0.25) is 0 Å². The van der Waals surface area contributed by atoms with Gasteiger partial charge in [0.15, 0.2) is 0 Å². The van der Waals surface area contributed by atoms with Crippen molar-refractivity contribution >= 4 is 19.5 Å². The summed E-state index contributed by atoms with van der Waals surface area (Å²) >= 11 is 5.58. The maximum atomic E-state index is 11.9. The van der Waals surface area contributed by atoms with Gasteiger partial charge < -0.3 is 9.38 Å². The van der Waals surface area contributed by atoms with E-state index in [0.717, 1.165) is 13.0 Å². The van der Waals surface area contributed by atoms with Crippen molar-refractivity contribution in [3.05, 3.63) is 0 Å². The van der Waals surface area contributed by atoms with Gasteiger partial charge in [-0.3, -0.25) is 0 Å². The molecule has 0 amide bonds. The predicted octanol–water partition coefficient (Wildman–Crippen LogP) is 1.98. The molecular formula is C12H30ClN3O4P+. The topological polar surface area (TPSA) is 71.0 Å². The Morgan fingerprint density at radius 3 is 2.43 bits per heavy atom. The minimum absolute atomic E-state index is 0.213. The fourth-order valence-electron chi connectivity index (χ4n) is 1.35. The Kier molecular flexibility index (Phi) is 8.91. The highest BCUT2D eigenvalue weighted by atomic mass is 35.5. The molecule has 0 aromatic heterocycles. The molecule has 0 aliphatic heterocycles. The van der Waals surface area contributed by atoms with Crippen molar-refractivity contribution in [1.29, 1.82) is 0 Å². The highest BCUT2D eigenvalue weighted by Crippen LogP contribution is 2.45. The van der Waals surface area contributed by atoms with Crippen molar-refractivity contribution in [3.63, 3.8) is 0 Å². The van der Waals surface area contributed by atoms with Crippen LogP contribution in [0.15, 0.2) is 0 Å². The number of halogens is 1. The summed E-state index contributed by atoms with van der Waals surface area (Å²) in [5.41, 5.74) is -0.213. The van der Waals surface area contributed by atoms with E-state index in [9.17, 15) is 9.46 Å². The van der Waals surface area contributed by atoms with E-state index in [1.165, 1.54) is 4.67 Å². The molecule has 0 saturated carbocycles. The SMILES string of the molecule is CN(CC[N+](C)(C)C)P(=O)(O)OOCCCC(C)(C)NCl. The van der Waals surface area contributed by atoms with Crippen molar-refractivity contribution in [2.24, 2.45) is 0 Å². The van der Waals surface area contributed by atoms with Crippen molar-refractivity contribution in [3.8, 4) is 0 Å². The fourth-order valence-corrected chi connectivity index (χ4v) is 2.12. The van der Waals surface area contributed by atoms with E-state index in [0.29, 0.717) is 17.4 Å². The first-order chi connectivity index (χ1) is 9.40. The lowest BCUT2D eigenvalue weighted by atomic mass is 10.0. The zero-order valence-corrected chi connectivity index (χ0v) is 15.6. The van der Waals surface area contributed by atoms with Gasteiger partial charge in [0, 0.05) is 5.54 Å². The van der Waals surface area contributed by atoms with Crippen LogP contribution in [-0.4, -0.2) is 67.5 Å². The van der Waals surface area contributed by atoms with E-state index in [1.54, 1.807) is 7.05 Å². The Morgan fingerprint density at radius 1 is 1.38 bits per heavy atom. The molecule has 0 fully saturated rings. The Labute approximate surface area is 133 Å². The summed E-state index contributed by atoms with van der Waals surface area (Å²) in [6.07, 6.45) is 1.42. The molecule has 0 saturated heterocycles. The van der Waals surface area contributed by atoms with Crippen LogP contribution >= 0.6 is 19.5 Å². The lowest BCUT2D eigenvalue weighted by Crippen LogP contribution is -2.40. The standard InChI is InChI=1S/C12H29ClN3O4P/c1-12(2,14-13)8-7-11-19-20-21(17,18)15(3)9-10-16(4,5)6/h14H,7-11H2,1-6H3/p+1. The van der Waals surface area contributed by atoms with E-state index in [4.69, 9.17) is 16.7 Å². The molecule has 2 N–H and O–H groups in total. The summed E-state index contributed by atoms with van der Waals surface area (Å²) < 4.78 is 18.6. The lowest BCUT2D eigenvalue weighted by molar-refractivity contribution is -0.869. The first-order valence-corrected chi connectivity index (χ1v) is 8.84. The van der Waals surface area contributed by atoms with Crippen LogP contribution in [-0.2, 0) is 14.1 Å². The molecule has 1 unspecified atom stereocenters. The highest BCUT2D eigenvalue weighted by Gasteiger charge is 2.29. The minimum atomic E-state index is -3.90. The van der Waals surface area contributed by atoms with Gasteiger partial charge in [0.1, 0.15) is 0 Å². The third-order valence-electron chi connectivity index (χ3n) is 2.96. The molecule has 21 heavy (non-hydrogen) atoms. The third kappa shape index (κ3) is 10.6. The molecule has 0 aliphatic carbocycles. The summed E-state index contributed by atoms with van der Waals surface area (Å²) in [5.74, 6) is 0. The van der Waals surface area contributed by atoms with Crippen LogP contribution in [0.1, 0.15) is 26.7 Å². The summed E-state index contributed by atoms with van der Waals surface area (Å²) in [4.78, 5) is 17.3. The molecular weight excluding hydrogens is 317 g/mol. The van der Waals surface area contributed by atoms with Gasteiger partial charge in [-0.05, 0) is 45.5 Å². The molecule has 0 heterocycles. The van der Waals surface area contributed by atoms with Crippen LogP contribution < -0.4 is 4.84 Å². The van der Waals surface area contributed by atoms with Gasteiger partial charge in [-0.2, -0.15) is 0 Å². The van der Waals surface area contributed by atoms with Crippen LogP contribution in [0.4, 0.5) is 0 Å². The lowest BCUT2D eigenvalue weighted by Gasteiger charge is -2.28. The molecule has 0 aromatic rings. The van der Waals surface area contributed by atoms with Crippen molar-refractivity contribution in [2.45, 2.75) is 32.2 Å². The third-order valence-corrected chi connectivity index (χ3v) is 4.84. The zero-order chi connectivity index (χ0) is 16.7. The number of rotatable bonds is 11. The quantitative estimate of drug-likeness (QED) is 0.149.